The molecule has 0 aromatic carbocycles. The second-order valence-electron chi connectivity index (χ2n) is 6.20. The number of hydrogen-bond donors (Lipinski definition) is 2. The van der Waals surface area contributed by atoms with Crippen molar-refractivity contribution in [3.63, 3.8) is 0 Å². The van der Waals surface area contributed by atoms with Gasteiger partial charge in [0.25, 0.3) is 0 Å². The summed E-state index contributed by atoms with van der Waals surface area (Å²) >= 11 is 0. The zero-order chi connectivity index (χ0) is 13.7. The van der Waals surface area contributed by atoms with Crippen molar-refractivity contribution >= 4 is 0 Å². The maximum atomic E-state index is 9.89. The van der Waals surface area contributed by atoms with Crippen LogP contribution in [0, 0.1) is 0 Å². The van der Waals surface area contributed by atoms with Gasteiger partial charge in [0.2, 0.25) is 0 Å². The van der Waals surface area contributed by atoms with Crippen LogP contribution in [0.2, 0.25) is 0 Å². The fraction of sp³-hybridized carbons (Fsp3) is 1.00. The van der Waals surface area contributed by atoms with E-state index >= 15 is 0 Å². The number of nitrogens with two attached hydrogens (primary N) is 1. The molecule has 0 saturated carbocycles. The Hall–Kier alpha value is -0.200. The van der Waals surface area contributed by atoms with Crippen molar-refractivity contribution < 1.29 is 9.84 Å². The summed E-state index contributed by atoms with van der Waals surface area (Å²) in [6, 6.07) is 0.707. The largest absolute Gasteiger partial charge is 0.389 e. The number of rotatable bonds is 6. The number of hydrogen-bond acceptors (Lipinski definition) is 5. The first-order valence-electron chi connectivity index (χ1n) is 7.57. The molecule has 2 saturated heterocycles. The quantitative estimate of drug-likeness (QED) is 0.705. The summed E-state index contributed by atoms with van der Waals surface area (Å²) < 4.78 is 5.41. The average molecular weight is 271 g/mol. The summed E-state index contributed by atoms with van der Waals surface area (Å²) in [5, 5.41) is 9.89. The van der Waals surface area contributed by atoms with Gasteiger partial charge in [-0.05, 0) is 39.3 Å². The van der Waals surface area contributed by atoms with Crippen LogP contribution in [-0.2, 0) is 4.74 Å². The van der Waals surface area contributed by atoms with E-state index in [-0.39, 0.29) is 0 Å². The van der Waals surface area contributed by atoms with Gasteiger partial charge >= 0.3 is 0 Å². The van der Waals surface area contributed by atoms with Crippen LogP contribution < -0.4 is 5.73 Å². The van der Waals surface area contributed by atoms with Gasteiger partial charge < -0.3 is 20.5 Å². The van der Waals surface area contributed by atoms with Crippen LogP contribution in [0.3, 0.4) is 0 Å². The maximum absolute atomic E-state index is 9.89. The molecule has 2 fully saturated rings. The van der Waals surface area contributed by atoms with Crippen LogP contribution in [0.15, 0.2) is 0 Å². The number of ether oxygens (including phenoxy) is 1. The summed E-state index contributed by atoms with van der Waals surface area (Å²) in [6.07, 6.45) is 3.09. The molecule has 0 aliphatic carbocycles. The molecule has 0 bridgehead atoms. The Morgan fingerprint density at radius 3 is 2.74 bits per heavy atom. The lowest BCUT2D eigenvalue weighted by molar-refractivity contribution is 0.0181. The molecule has 5 nitrogen and oxygen atoms in total. The van der Waals surface area contributed by atoms with Gasteiger partial charge in [-0.2, -0.15) is 0 Å². The highest BCUT2D eigenvalue weighted by Gasteiger charge is 2.28. The van der Waals surface area contributed by atoms with E-state index in [9.17, 15) is 5.11 Å². The van der Waals surface area contributed by atoms with Gasteiger partial charge in [0, 0.05) is 32.2 Å². The molecule has 0 amide bonds. The highest BCUT2D eigenvalue weighted by molar-refractivity contribution is 4.85. The highest BCUT2D eigenvalue weighted by Crippen LogP contribution is 2.18. The first-order chi connectivity index (χ1) is 9.11. The van der Waals surface area contributed by atoms with E-state index in [1.165, 1.54) is 19.5 Å². The van der Waals surface area contributed by atoms with E-state index in [2.05, 4.69) is 9.80 Å². The average Bonchev–Trinajstić information content (AvgIpc) is 2.88. The maximum Gasteiger partial charge on any atom is 0.0741 e. The fourth-order valence-corrected chi connectivity index (χ4v) is 3.04. The van der Waals surface area contributed by atoms with Crippen LogP contribution >= 0.6 is 0 Å². The van der Waals surface area contributed by atoms with Gasteiger partial charge in [-0.25, -0.2) is 0 Å². The van der Waals surface area contributed by atoms with Gasteiger partial charge in [-0.15, -0.1) is 0 Å². The van der Waals surface area contributed by atoms with E-state index in [0.717, 1.165) is 45.7 Å². The molecule has 0 radical (unpaired) electrons. The Balaban J connectivity index is 1.64. The minimum absolute atomic E-state index is 0.351. The second-order valence-corrected chi connectivity index (χ2v) is 6.20. The Bertz CT molecular complexity index is 267. The van der Waals surface area contributed by atoms with E-state index in [1.54, 1.807) is 0 Å². The third-order valence-electron chi connectivity index (χ3n) is 4.44. The summed E-state index contributed by atoms with van der Waals surface area (Å²) in [7, 11) is 0. The number of aliphatic hydroxyl groups is 1. The molecule has 2 unspecified atom stereocenters. The van der Waals surface area contributed by atoms with Crippen molar-refractivity contribution in [3.8, 4) is 0 Å². The third kappa shape index (κ3) is 4.68. The van der Waals surface area contributed by atoms with Crippen LogP contribution in [0.1, 0.15) is 26.2 Å². The molecule has 2 atom stereocenters. The molecule has 2 heterocycles. The zero-order valence-electron chi connectivity index (χ0n) is 12.2. The lowest BCUT2D eigenvalue weighted by Crippen LogP contribution is -2.44. The zero-order valence-corrected chi connectivity index (χ0v) is 12.2. The SMILES string of the molecule is CC(O)(CN)CCCN1CCC(N2CCOCC2)C1. The first-order valence-corrected chi connectivity index (χ1v) is 7.57. The number of likely N-dealkylation sites (tertiary alicyclic amines) is 1. The van der Waals surface area contributed by atoms with Crippen molar-refractivity contribution in [1.29, 1.82) is 0 Å². The van der Waals surface area contributed by atoms with Gasteiger partial charge in [-0.3, -0.25) is 4.90 Å². The van der Waals surface area contributed by atoms with Crippen molar-refractivity contribution in [1.82, 2.24) is 9.80 Å². The molecule has 19 heavy (non-hydrogen) atoms. The van der Waals surface area contributed by atoms with Crippen LogP contribution in [0.5, 0.6) is 0 Å². The summed E-state index contributed by atoms with van der Waals surface area (Å²) in [5.74, 6) is 0. The van der Waals surface area contributed by atoms with Crippen LogP contribution in [0.25, 0.3) is 0 Å². The molecular weight excluding hydrogens is 242 g/mol. The van der Waals surface area contributed by atoms with Crippen molar-refractivity contribution in [2.45, 2.75) is 37.8 Å². The summed E-state index contributed by atoms with van der Waals surface area (Å²) in [5.41, 5.74) is 4.85. The minimum atomic E-state index is -0.691. The fourth-order valence-electron chi connectivity index (χ4n) is 3.04. The number of morpholine rings is 1. The summed E-state index contributed by atoms with van der Waals surface area (Å²) in [4.78, 5) is 5.09. The molecule has 0 aromatic heterocycles. The van der Waals surface area contributed by atoms with Crippen molar-refractivity contribution in [2.24, 2.45) is 5.73 Å². The van der Waals surface area contributed by atoms with Crippen molar-refractivity contribution in [2.75, 3.05) is 52.5 Å². The lowest BCUT2D eigenvalue weighted by atomic mass is 10.0. The monoisotopic (exact) mass is 271 g/mol. The summed E-state index contributed by atoms with van der Waals surface area (Å²) in [6.45, 7) is 9.55. The van der Waals surface area contributed by atoms with Crippen LogP contribution in [0.4, 0.5) is 0 Å². The topological polar surface area (TPSA) is 62.0 Å². The smallest absolute Gasteiger partial charge is 0.0741 e. The molecule has 5 heteroatoms. The second kappa shape index (κ2) is 6.99. The molecule has 2 aliphatic heterocycles. The highest BCUT2D eigenvalue weighted by atomic mass is 16.5. The van der Waals surface area contributed by atoms with E-state index in [0.29, 0.717) is 12.6 Å². The normalized spacial score (nSPS) is 29.5. The molecule has 2 aliphatic rings. The molecule has 3 N–H and O–H groups in total. The predicted molar refractivity (Wildman–Crippen MR) is 76.1 cm³/mol. The standard InChI is InChI=1S/C14H29N3O2/c1-14(18,12-15)4-2-5-16-6-3-13(11-16)17-7-9-19-10-8-17/h13,18H,2-12,15H2,1H3. The molecule has 0 aromatic rings. The van der Waals surface area contributed by atoms with E-state index < -0.39 is 5.60 Å². The molecule has 0 spiro atoms. The lowest BCUT2D eigenvalue weighted by Gasteiger charge is -2.32. The number of nitrogens with zero attached hydrogens (tertiary/aromatic N) is 2. The Kier molecular flexibility index (Phi) is 5.59. The Morgan fingerprint density at radius 1 is 1.32 bits per heavy atom. The minimum Gasteiger partial charge on any atom is -0.389 e. The van der Waals surface area contributed by atoms with Crippen molar-refractivity contribution in [3.05, 3.63) is 0 Å². The predicted octanol–water partition coefficient (Wildman–Crippen LogP) is -0.117. The van der Waals surface area contributed by atoms with Gasteiger partial charge in [0.05, 0.1) is 18.8 Å². The van der Waals surface area contributed by atoms with Gasteiger partial charge in [-0.1, -0.05) is 0 Å². The van der Waals surface area contributed by atoms with Gasteiger partial charge in [0.15, 0.2) is 0 Å². The van der Waals surface area contributed by atoms with E-state index in [4.69, 9.17) is 10.5 Å². The molecule has 112 valence electrons. The Labute approximate surface area is 116 Å². The molecular formula is C14H29N3O2. The Morgan fingerprint density at radius 2 is 2.05 bits per heavy atom. The molecule has 2 rings (SSSR count). The third-order valence-corrected chi connectivity index (χ3v) is 4.44. The van der Waals surface area contributed by atoms with Gasteiger partial charge in [0.1, 0.15) is 0 Å². The van der Waals surface area contributed by atoms with E-state index in [1.807, 2.05) is 6.92 Å². The first kappa shape index (κ1) is 15.2. The van der Waals surface area contributed by atoms with Crippen LogP contribution in [-0.4, -0.2) is 79.0 Å².